The minimum atomic E-state index is -0.561. The molecule has 2 heterocycles. The molecule has 2 bridgehead atoms. The Balaban J connectivity index is 2.04. The van der Waals surface area contributed by atoms with Gasteiger partial charge in [0.25, 0.3) is 11.8 Å². The van der Waals surface area contributed by atoms with E-state index in [2.05, 4.69) is 0 Å². The molecule has 0 saturated carbocycles. The molecule has 3 rings (SSSR count). The molecule has 0 aromatic heterocycles. The van der Waals surface area contributed by atoms with Crippen molar-refractivity contribution in [1.82, 2.24) is 0 Å². The highest BCUT2D eigenvalue weighted by Crippen LogP contribution is 2.35. The van der Waals surface area contributed by atoms with Crippen LogP contribution in [0.2, 0.25) is 5.02 Å². The maximum Gasteiger partial charge on any atom is 0.263 e. The number of anilines is 1. The molecule has 0 spiro atoms. The molecule has 1 aromatic carbocycles. The number of carbonyl (C=O) groups excluding carboxylic acids is 2. The lowest BCUT2D eigenvalue weighted by atomic mass is 10.1. The number of carbonyl (C=O) groups is 2. The number of hydrogen-bond acceptors (Lipinski definition) is 4. The normalized spacial score (nSPS) is 25.6. The number of benzene rings is 1. The van der Waals surface area contributed by atoms with Gasteiger partial charge in [-0.2, -0.15) is 5.26 Å². The lowest BCUT2D eigenvalue weighted by Gasteiger charge is -2.30. The lowest BCUT2D eigenvalue weighted by Crippen LogP contribution is -2.52. The third kappa shape index (κ3) is 1.81. The molecule has 2 fully saturated rings. The number of ether oxygens (including phenoxy) is 1. The molecule has 2 aliphatic heterocycles. The molecule has 2 aliphatic rings. The Kier molecular flexibility index (Phi) is 2.77. The van der Waals surface area contributed by atoms with Crippen molar-refractivity contribution in [3.63, 3.8) is 0 Å². The van der Waals surface area contributed by atoms with E-state index in [4.69, 9.17) is 21.6 Å². The molecule has 2 amide bonds. The second kappa shape index (κ2) is 4.34. The second-order valence-corrected chi connectivity index (χ2v) is 4.89. The minimum absolute atomic E-state index is 0.210. The predicted molar refractivity (Wildman–Crippen MR) is 66.6 cm³/mol. The van der Waals surface area contributed by atoms with Crippen LogP contribution in [0.1, 0.15) is 18.4 Å². The number of imide groups is 1. The number of hydrogen-bond donors (Lipinski definition) is 0. The van der Waals surface area contributed by atoms with Crippen LogP contribution in [0.25, 0.3) is 0 Å². The van der Waals surface area contributed by atoms with Gasteiger partial charge >= 0.3 is 0 Å². The van der Waals surface area contributed by atoms with Crippen molar-refractivity contribution < 1.29 is 14.3 Å². The summed E-state index contributed by atoms with van der Waals surface area (Å²) in [5.74, 6) is -0.768. The summed E-state index contributed by atoms with van der Waals surface area (Å²) in [5, 5.41) is 9.00. The second-order valence-electron chi connectivity index (χ2n) is 4.48. The van der Waals surface area contributed by atoms with E-state index in [1.807, 2.05) is 6.07 Å². The summed E-state index contributed by atoms with van der Waals surface area (Å²) in [4.78, 5) is 25.4. The third-order valence-electron chi connectivity index (χ3n) is 3.33. The van der Waals surface area contributed by atoms with Gasteiger partial charge in [-0.25, -0.2) is 4.90 Å². The first kappa shape index (κ1) is 12.2. The summed E-state index contributed by atoms with van der Waals surface area (Å²) >= 11 is 6.05. The van der Waals surface area contributed by atoms with Gasteiger partial charge in [0.1, 0.15) is 12.2 Å². The van der Waals surface area contributed by atoms with E-state index in [0.717, 1.165) is 4.90 Å². The fourth-order valence-corrected chi connectivity index (χ4v) is 2.66. The SMILES string of the molecule is N#Cc1ccc(N2C(=O)C3CCC(O3)C2=O)c(Cl)c1. The summed E-state index contributed by atoms with van der Waals surface area (Å²) in [6.45, 7) is 0. The van der Waals surface area contributed by atoms with Crippen LogP contribution in [0.3, 0.4) is 0 Å². The first-order valence-corrected chi connectivity index (χ1v) is 6.22. The monoisotopic (exact) mass is 276 g/mol. The molecular formula is C13H9ClN2O3. The summed E-state index contributed by atoms with van der Waals surface area (Å²) in [7, 11) is 0. The first-order valence-electron chi connectivity index (χ1n) is 5.84. The van der Waals surface area contributed by atoms with E-state index in [1.54, 1.807) is 0 Å². The zero-order valence-corrected chi connectivity index (χ0v) is 10.6. The molecule has 5 nitrogen and oxygen atoms in total. The van der Waals surface area contributed by atoms with Gasteiger partial charge in [-0.05, 0) is 31.0 Å². The maximum atomic E-state index is 12.2. The lowest BCUT2D eigenvalue weighted by molar-refractivity contribution is -0.146. The molecule has 1 aromatic rings. The van der Waals surface area contributed by atoms with Crippen molar-refractivity contribution in [3.8, 4) is 6.07 Å². The number of rotatable bonds is 1. The molecule has 19 heavy (non-hydrogen) atoms. The van der Waals surface area contributed by atoms with Gasteiger partial charge in [0.15, 0.2) is 0 Å². The average Bonchev–Trinajstić information content (AvgIpc) is 2.85. The van der Waals surface area contributed by atoms with E-state index in [9.17, 15) is 9.59 Å². The quantitative estimate of drug-likeness (QED) is 0.731. The Morgan fingerprint density at radius 2 is 1.89 bits per heavy atom. The fourth-order valence-electron chi connectivity index (χ4n) is 2.39. The van der Waals surface area contributed by atoms with Crippen LogP contribution >= 0.6 is 11.6 Å². The fraction of sp³-hybridized carbons (Fsp3) is 0.308. The van der Waals surface area contributed by atoms with Crippen LogP contribution in [0.5, 0.6) is 0 Å². The topological polar surface area (TPSA) is 70.4 Å². The van der Waals surface area contributed by atoms with Crippen molar-refractivity contribution in [2.75, 3.05) is 4.90 Å². The van der Waals surface area contributed by atoms with E-state index in [0.29, 0.717) is 24.1 Å². The highest BCUT2D eigenvalue weighted by molar-refractivity contribution is 6.35. The van der Waals surface area contributed by atoms with Gasteiger partial charge < -0.3 is 4.74 Å². The van der Waals surface area contributed by atoms with Crippen molar-refractivity contribution >= 4 is 29.1 Å². The Morgan fingerprint density at radius 1 is 1.26 bits per heavy atom. The van der Waals surface area contributed by atoms with E-state index >= 15 is 0 Å². The molecule has 0 aliphatic carbocycles. The van der Waals surface area contributed by atoms with Crippen LogP contribution in [0.4, 0.5) is 5.69 Å². The van der Waals surface area contributed by atoms with Crippen molar-refractivity contribution in [2.24, 2.45) is 0 Å². The maximum absolute atomic E-state index is 12.2. The van der Waals surface area contributed by atoms with Gasteiger partial charge in [-0.1, -0.05) is 11.6 Å². The average molecular weight is 277 g/mol. The first-order chi connectivity index (χ1) is 9.11. The molecule has 0 radical (unpaired) electrons. The van der Waals surface area contributed by atoms with Crippen LogP contribution < -0.4 is 4.90 Å². The highest BCUT2D eigenvalue weighted by atomic mass is 35.5. The van der Waals surface area contributed by atoms with E-state index in [1.165, 1.54) is 18.2 Å². The van der Waals surface area contributed by atoms with Gasteiger partial charge in [0.2, 0.25) is 0 Å². The molecule has 2 unspecified atom stereocenters. The predicted octanol–water partition coefficient (Wildman–Crippen LogP) is 1.63. The van der Waals surface area contributed by atoms with Gasteiger partial charge in [-0.3, -0.25) is 9.59 Å². The van der Waals surface area contributed by atoms with Crippen molar-refractivity contribution in [3.05, 3.63) is 28.8 Å². The standard InChI is InChI=1S/C13H9ClN2O3/c14-8-5-7(6-15)1-2-9(8)16-12(17)10-3-4-11(19-10)13(16)18/h1-2,5,10-11H,3-4H2. The number of fused-ring (bicyclic) bond motifs is 2. The highest BCUT2D eigenvalue weighted by Gasteiger charge is 2.47. The number of halogens is 1. The Morgan fingerprint density at radius 3 is 2.42 bits per heavy atom. The molecule has 96 valence electrons. The molecular weight excluding hydrogens is 268 g/mol. The van der Waals surface area contributed by atoms with Crippen LogP contribution in [-0.2, 0) is 14.3 Å². The molecule has 2 atom stereocenters. The summed E-state index contributed by atoms with van der Waals surface area (Å²) in [6.07, 6.45) is -0.0111. The molecule has 0 N–H and O–H groups in total. The zero-order valence-electron chi connectivity index (χ0n) is 9.80. The number of morpholine rings is 1. The van der Waals surface area contributed by atoms with Gasteiger partial charge in [-0.15, -0.1) is 0 Å². The van der Waals surface area contributed by atoms with Gasteiger partial charge in [0, 0.05) is 0 Å². The van der Waals surface area contributed by atoms with Crippen molar-refractivity contribution in [2.45, 2.75) is 25.0 Å². The summed E-state index contributed by atoms with van der Waals surface area (Å²) in [5.41, 5.74) is 0.695. The number of nitriles is 1. The van der Waals surface area contributed by atoms with Crippen LogP contribution in [0, 0.1) is 11.3 Å². The van der Waals surface area contributed by atoms with E-state index in [-0.39, 0.29) is 16.8 Å². The van der Waals surface area contributed by atoms with Crippen LogP contribution in [0.15, 0.2) is 18.2 Å². The Labute approximate surface area is 114 Å². The van der Waals surface area contributed by atoms with Crippen molar-refractivity contribution in [1.29, 1.82) is 5.26 Å². The smallest absolute Gasteiger partial charge is 0.263 e. The number of nitrogens with zero attached hydrogens (tertiary/aromatic N) is 2. The summed E-state index contributed by atoms with van der Waals surface area (Å²) in [6, 6.07) is 6.43. The summed E-state index contributed by atoms with van der Waals surface area (Å²) < 4.78 is 5.32. The Bertz CT molecular complexity index is 601. The Hall–Kier alpha value is -1.90. The third-order valence-corrected chi connectivity index (χ3v) is 3.63. The van der Waals surface area contributed by atoms with E-state index < -0.39 is 12.2 Å². The molecule has 2 saturated heterocycles. The zero-order chi connectivity index (χ0) is 13.6. The molecule has 6 heteroatoms. The minimum Gasteiger partial charge on any atom is -0.355 e. The van der Waals surface area contributed by atoms with Crippen LogP contribution in [-0.4, -0.2) is 24.0 Å². The van der Waals surface area contributed by atoms with Gasteiger partial charge in [0.05, 0.1) is 22.3 Å². The number of amides is 2. The largest absolute Gasteiger partial charge is 0.355 e.